The van der Waals surface area contributed by atoms with Gasteiger partial charge in [-0.05, 0) is 31.2 Å². The highest BCUT2D eigenvalue weighted by Crippen LogP contribution is 2.32. The summed E-state index contributed by atoms with van der Waals surface area (Å²) in [7, 11) is 0. The van der Waals surface area contributed by atoms with Gasteiger partial charge in [0.1, 0.15) is 5.83 Å². The molecule has 1 atom stereocenters. The van der Waals surface area contributed by atoms with E-state index in [4.69, 9.17) is 5.73 Å². The number of nitrogens with zero attached hydrogens (tertiary/aromatic N) is 4. The highest BCUT2D eigenvalue weighted by atomic mass is 19.2. The Bertz CT molecular complexity index is 1110. The third-order valence-corrected chi connectivity index (χ3v) is 4.62. The van der Waals surface area contributed by atoms with Crippen molar-refractivity contribution in [3.63, 3.8) is 0 Å². The molecule has 1 aromatic carbocycles. The molecule has 3 aromatic rings. The van der Waals surface area contributed by atoms with Crippen molar-refractivity contribution in [1.82, 2.24) is 19.3 Å². The molecule has 9 heteroatoms. The van der Waals surface area contributed by atoms with Crippen LogP contribution in [-0.2, 0) is 6.54 Å². The van der Waals surface area contributed by atoms with Crippen molar-refractivity contribution >= 4 is 17.2 Å². The van der Waals surface area contributed by atoms with Crippen LogP contribution >= 0.6 is 0 Å². The van der Waals surface area contributed by atoms with Crippen LogP contribution in [0, 0.1) is 12.8 Å². The second kappa shape index (κ2) is 7.50. The number of benzene rings is 1. The minimum atomic E-state index is -1.41. The normalized spacial score (nSPS) is 16.8. The average molecular weight is 400 g/mol. The van der Waals surface area contributed by atoms with E-state index in [2.05, 4.69) is 15.4 Å². The number of allylic oxidation sites excluding steroid dienone is 4. The zero-order valence-electron chi connectivity index (χ0n) is 15.6. The molecule has 0 radical (unpaired) electrons. The lowest BCUT2D eigenvalue weighted by Crippen LogP contribution is -2.13. The summed E-state index contributed by atoms with van der Waals surface area (Å²) in [5, 5.41) is 7.49. The topological polar surface area (TPSA) is 73.7 Å². The Morgan fingerprint density at radius 3 is 2.76 bits per heavy atom. The quantitative estimate of drug-likeness (QED) is 0.608. The zero-order chi connectivity index (χ0) is 20.5. The second-order valence-electron chi connectivity index (χ2n) is 6.94. The van der Waals surface area contributed by atoms with Gasteiger partial charge in [0.2, 0.25) is 0 Å². The first-order valence-electron chi connectivity index (χ1n) is 9.02. The van der Waals surface area contributed by atoms with Crippen LogP contribution in [0.2, 0.25) is 0 Å². The van der Waals surface area contributed by atoms with E-state index in [0.717, 1.165) is 23.1 Å². The smallest absolute Gasteiger partial charge is 0.189 e. The van der Waals surface area contributed by atoms with E-state index in [9.17, 15) is 13.2 Å². The number of nitrogens with two attached hydrogens (primary N) is 1. The van der Waals surface area contributed by atoms with Crippen molar-refractivity contribution in [2.24, 2.45) is 5.92 Å². The van der Waals surface area contributed by atoms with Crippen molar-refractivity contribution in [3.05, 3.63) is 72.2 Å². The molecule has 29 heavy (non-hydrogen) atoms. The predicted molar refractivity (Wildman–Crippen MR) is 105 cm³/mol. The molecule has 2 aromatic heterocycles. The number of nitrogens with one attached hydrogen (secondary N) is 1. The van der Waals surface area contributed by atoms with E-state index in [1.807, 2.05) is 29.8 Å². The summed E-state index contributed by atoms with van der Waals surface area (Å²) in [6.45, 7) is 2.13. The zero-order valence-corrected chi connectivity index (χ0v) is 15.6. The maximum absolute atomic E-state index is 13.4. The first-order valence-corrected chi connectivity index (χ1v) is 9.02. The number of rotatable bonds is 5. The van der Waals surface area contributed by atoms with Gasteiger partial charge in [0, 0.05) is 43.0 Å². The minimum absolute atomic E-state index is 0.187. The lowest BCUT2D eigenvalue weighted by molar-refractivity contribution is 0.390. The summed E-state index contributed by atoms with van der Waals surface area (Å²) in [6, 6.07) is 7.25. The SMILES string of the molecule is Cc1cn(-c2ccc(Nc3ccn(CC4C=C(F)C(F)=C(F)C4)n3)cc2N)cn1. The van der Waals surface area contributed by atoms with Gasteiger partial charge in [0.25, 0.3) is 0 Å². The summed E-state index contributed by atoms with van der Waals surface area (Å²) >= 11 is 0. The van der Waals surface area contributed by atoms with Crippen LogP contribution < -0.4 is 11.1 Å². The van der Waals surface area contributed by atoms with E-state index in [1.165, 1.54) is 0 Å². The fraction of sp³-hybridized carbons (Fsp3) is 0.200. The summed E-state index contributed by atoms with van der Waals surface area (Å²) in [5.74, 6) is -3.58. The van der Waals surface area contributed by atoms with E-state index in [1.54, 1.807) is 29.3 Å². The van der Waals surface area contributed by atoms with Crippen molar-refractivity contribution < 1.29 is 13.2 Å². The molecule has 1 aliphatic carbocycles. The fourth-order valence-electron chi connectivity index (χ4n) is 3.24. The summed E-state index contributed by atoms with van der Waals surface area (Å²) in [5.41, 5.74) is 9.17. The van der Waals surface area contributed by atoms with Gasteiger partial charge in [-0.1, -0.05) is 0 Å². The van der Waals surface area contributed by atoms with Crippen molar-refractivity contribution in [2.75, 3.05) is 11.1 Å². The molecule has 1 unspecified atom stereocenters. The third kappa shape index (κ3) is 4.03. The highest BCUT2D eigenvalue weighted by molar-refractivity contribution is 5.68. The second-order valence-corrected chi connectivity index (χ2v) is 6.94. The summed E-state index contributed by atoms with van der Waals surface area (Å²) < 4.78 is 43.3. The van der Waals surface area contributed by atoms with E-state index < -0.39 is 23.4 Å². The minimum Gasteiger partial charge on any atom is -0.397 e. The molecule has 150 valence electrons. The molecule has 0 spiro atoms. The van der Waals surface area contributed by atoms with Crippen LogP contribution in [0.25, 0.3) is 5.69 Å². The van der Waals surface area contributed by atoms with Crippen LogP contribution in [0.5, 0.6) is 0 Å². The number of hydrogen-bond donors (Lipinski definition) is 2. The predicted octanol–water partition coefficient (Wildman–Crippen LogP) is 4.73. The first-order chi connectivity index (χ1) is 13.9. The van der Waals surface area contributed by atoms with E-state index >= 15 is 0 Å². The Kier molecular flexibility index (Phi) is 4.87. The van der Waals surface area contributed by atoms with Crippen molar-refractivity contribution in [2.45, 2.75) is 19.9 Å². The Balaban J connectivity index is 1.44. The lowest BCUT2D eigenvalue weighted by Gasteiger charge is -2.16. The Morgan fingerprint density at radius 1 is 1.24 bits per heavy atom. The molecule has 0 aliphatic heterocycles. The molecule has 2 heterocycles. The van der Waals surface area contributed by atoms with Gasteiger partial charge < -0.3 is 15.6 Å². The van der Waals surface area contributed by atoms with Crippen LogP contribution in [0.15, 0.2) is 66.5 Å². The standard InChI is InChI=1S/C20H19F3N6/c1-12-9-28(11-25-12)18-3-2-14(8-17(18)24)26-19-4-5-29(27-19)10-13-6-15(21)20(23)16(22)7-13/h2-6,8-9,11,13H,7,10,24H2,1H3,(H,26,27). The van der Waals surface area contributed by atoms with E-state index in [0.29, 0.717) is 11.5 Å². The monoisotopic (exact) mass is 400 g/mol. The van der Waals surface area contributed by atoms with Gasteiger partial charge in [-0.15, -0.1) is 0 Å². The number of nitrogen functional groups attached to an aromatic ring is 1. The molecule has 0 saturated heterocycles. The van der Waals surface area contributed by atoms with Crippen LogP contribution in [-0.4, -0.2) is 19.3 Å². The largest absolute Gasteiger partial charge is 0.397 e. The van der Waals surface area contributed by atoms with Gasteiger partial charge in [-0.3, -0.25) is 4.68 Å². The maximum atomic E-state index is 13.4. The first kappa shape index (κ1) is 18.9. The van der Waals surface area contributed by atoms with Crippen molar-refractivity contribution in [3.8, 4) is 5.69 Å². The average Bonchev–Trinajstić information content (AvgIpc) is 3.29. The molecular weight excluding hydrogens is 381 g/mol. The van der Waals surface area contributed by atoms with Gasteiger partial charge in [-0.25, -0.2) is 18.2 Å². The van der Waals surface area contributed by atoms with Crippen LogP contribution in [0.1, 0.15) is 12.1 Å². The Hall–Kier alpha value is -3.49. The molecule has 1 aliphatic rings. The molecule has 0 fully saturated rings. The van der Waals surface area contributed by atoms with Gasteiger partial charge in [0.15, 0.2) is 17.5 Å². The molecular formula is C20H19F3N6. The number of aromatic nitrogens is 4. The van der Waals surface area contributed by atoms with E-state index in [-0.39, 0.29) is 13.0 Å². The lowest BCUT2D eigenvalue weighted by atomic mass is 9.99. The van der Waals surface area contributed by atoms with Gasteiger partial charge >= 0.3 is 0 Å². The molecule has 0 bridgehead atoms. The fourth-order valence-corrected chi connectivity index (χ4v) is 3.24. The number of hydrogen-bond acceptors (Lipinski definition) is 4. The third-order valence-electron chi connectivity index (χ3n) is 4.62. The molecule has 4 rings (SSSR count). The van der Waals surface area contributed by atoms with Crippen LogP contribution in [0.4, 0.5) is 30.4 Å². The highest BCUT2D eigenvalue weighted by Gasteiger charge is 2.23. The van der Waals surface area contributed by atoms with Gasteiger partial charge in [0.05, 0.1) is 23.4 Å². The number of imidazole rings is 1. The van der Waals surface area contributed by atoms with Gasteiger partial charge in [-0.2, -0.15) is 5.10 Å². The molecule has 6 nitrogen and oxygen atoms in total. The summed E-state index contributed by atoms with van der Waals surface area (Å²) in [6.07, 6.45) is 6.17. The summed E-state index contributed by atoms with van der Waals surface area (Å²) in [4.78, 5) is 4.19. The molecule has 0 saturated carbocycles. The van der Waals surface area contributed by atoms with Crippen molar-refractivity contribution in [1.29, 1.82) is 0 Å². The maximum Gasteiger partial charge on any atom is 0.189 e. The van der Waals surface area contributed by atoms with Crippen LogP contribution in [0.3, 0.4) is 0 Å². The number of halogens is 3. The Labute approximate surface area is 165 Å². The Morgan fingerprint density at radius 2 is 2.07 bits per heavy atom. The number of anilines is 3. The molecule has 3 N–H and O–H groups in total. The molecule has 0 amide bonds. The number of aryl methyl sites for hydroxylation is 1.